The molecule has 1 aromatic rings. The van der Waals surface area contributed by atoms with Crippen molar-refractivity contribution in [2.75, 3.05) is 0 Å². The van der Waals surface area contributed by atoms with Gasteiger partial charge in [-0.25, -0.2) is 0 Å². The Morgan fingerprint density at radius 3 is 2.38 bits per heavy atom. The molecule has 1 atom stereocenters. The Bertz CT molecular complexity index is 290. The summed E-state index contributed by atoms with van der Waals surface area (Å²) in [5.41, 5.74) is 1.70. The fraction of sp³-hybridized carbons (Fsp3) is 0.600. The highest BCUT2D eigenvalue weighted by Gasteiger charge is 2.16. The molecule has 0 bridgehead atoms. The average Bonchev–Trinajstić information content (AvgIpc) is 2.27. The summed E-state index contributed by atoms with van der Waals surface area (Å²) in [6.45, 7) is 9.05. The van der Waals surface area contributed by atoms with E-state index in [1.165, 1.54) is 18.4 Å². The summed E-state index contributed by atoms with van der Waals surface area (Å²) in [5, 5.41) is 3.68. The zero-order valence-corrected chi connectivity index (χ0v) is 11.1. The summed E-state index contributed by atoms with van der Waals surface area (Å²) in [6.07, 6.45) is 3.53. The van der Waals surface area contributed by atoms with Gasteiger partial charge in [0, 0.05) is 11.6 Å². The molecule has 1 nitrogen and oxygen atoms in total. The van der Waals surface area contributed by atoms with Crippen LogP contribution in [-0.2, 0) is 6.42 Å². The molecule has 1 rings (SSSR count). The highest BCUT2D eigenvalue weighted by Crippen LogP contribution is 2.11. The third-order valence-corrected chi connectivity index (χ3v) is 3.23. The van der Waals surface area contributed by atoms with Crippen molar-refractivity contribution in [3.63, 3.8) is 0 Å². The van der Waals surface area contributed by atoms with E-state index in [4.69, 9.17) is 0 Å². The summed E-state index contributed by atoms with van der Waals surface area (Å²) in [4.78, 5) is 0. The number of aryl methyl sites for hydroxylation is 1. The van der Waals surface area contributed by atoms with Gasteiger partial charge in [-0.1, -0.05) is 37.3 Å². The highest BCUT2D eigenvalue weighted by molar-refractivity contribution is 5.14. The van der Waals surface area contributed by atoms with Crippen molar-refractivity contribution in [1.82, 2.24) is 5.32 Å². The van der Waals surface area contributed by atoms with Crippen molar-refractivity contribution in [2.45, 2.75) is 58.5 Å². The Balaban J connectivity index is 2.33. The van der Waals surface area contributed by atoms with Gasteiger partial charge in [0.2, 0.25) is 0 Å². The molecule has 16 heavy (non-hydrogen) atoms. The number of hydrogen-bond donors (Lipinski definition) is 1. The minimum atomic E-state index is 0.260. The first-order chi connectivity index (χ1) is 7.53. The molecule has 0 heterocycles. The van der Waals surface area contributed by atoms with Crippen LogP contribution in [0.1, 0.15) is 46.1 Å². The topological polar surface area (TPSA) is 12.0 Å². The van der Waals surface area contributed by atoms with E-state index in [0.29, 0.717) is 6.04 Å². The van der Waals surface area contributed by atoms with Gasteiger partial charge in [0.05, 0.1) is 0 Å². The summed E-state index contributed by atoms with van der Waals surface area (Å²) >= 11 is 0. The van der Waals surface area contributed by atoms with Crippen molar-refractivity contribution in [2.24, 2.45) is 0 Å². The zero-order chi connectivity index (χ0) is 12.0. The predicted molar refractivity (Wildman–Crippen MR) is 71.7 cm³/mol. The van der Waals surface area contributed by atoms with Gasteiger partial charge < -0.3 is 5.32 Å². The second kappa shape index (κ2) is 6.05. The second-order valence-electron chi connectivity index (χ2n) is 5.31. The van der Waals surface area contributed by atoms with Gasteiger partial charge in [-0.3, -0.25) is 0 Å². The molecule has 0 fully saturated rings. The minimum absolute atomic E-state index is 0.260. The first kappa shape index (κ1) is 13.2. The van der Waals surface area contributed by atoms with Gasteiger partial charge >= 0.3 is 0 Å². The number of nitrogens with one attached hydrogen (secondary N) is 1. The lowest BCUT2D eigenvalue weighted by Gasteiger charge is -2.29. The molecule has 0 aliphatic rings. The van der Waals surface area contributed by atoms with E-state index in [2.05, 4.69) is 63.3 Å². The first-order valence-corrected chi connectivity index (χ1v) is 6.35. The van der Waals surface area contributed by atoms with Gasteiger partial charge in [-0.2, -0.15) is 0 Å². The molecule has 1 N–H and O–H groups in total. The van der Waals surface area contributed by atoms with Gasteiger partial charge in [-0.15, -0.1) is 0 Å². The van der Waals surface area contributed by atoms with Crippen LogP contribution in [0.15, 0.2) is 30.3 Å². The maximum atomic E-state index is 3.68. The summed E-state index contributed by atoms with van der Waals surface area (Å²) < 4.78 is 0. The van der Waals surface area contributed by atoms with Crippen molar-refractivity contribution >= 4 is 0 Å². The standard InChI is InChI=1S/C15H25N/c1-5-15(3,4)16-13(2)11-12-14-9-7-6-8-10-14/h6-10,13,16H,5,11-12H2,1-4H3. The van der Waals surface area contributed by atoms with E-state index in [1.807, 2.05) is 0 Å². The van der Waals surface area contributed by atoms with Crippen LogP contribution in [0.3, 0.4) is 0 Å². The molecule has 0 saturated heterocycles. The lowest BCUT2D eigenvalue weighted by molar-refractivity contribution is 0.325. The highest BCUT2D eigenvalue weighted by atomic mass is 15.0. The SMILES string of the molecule is CCC(C)(C)NC(C)CCc1ccccc1. The molecule has 90 valence electrons. The zero-order valence-electron chi connectivity index (χ0n) is 11.1. The quantitative estimate of drug-likeness (QED) is 0.767. The third kappa shape index (κ3) is 4.80. The fourth-order valence-electron chi connectivity index (χ4n) is 1.87. The number of hydrogen-bond acceptors (Lipinski definition) is 1. The van der Waals surface area contributed by atoms with Crippen molar-refractivity contribution in [1.29, 1.82) is 0 Å². The molecule has 0 spiro atoms. The first-order valence-electron chi connectivity index (χ1n) is 6.35. The predicted octanol–water partition coefficient (Wildman–Crippen LogP) is 3.79. The molecular weight excluding hydrogens is 194 g/mol. The van der Waals surface area contributed by atoms with Crippen LogP contribution >= 0.6 is 0 Å². The van der Waals surface area contributed by atoms with Crippen LogP contribution in [0.25, 0.3) is 0 Å². The van der Waals surface area contributed by atoms with E-state index in [0.717, 1.165) is 6.42 Å². The molecule has 1 unspecified atom stereocenters. The Morgan fingerprint density at radius 2 is 1.81 bits per heavy atom. The molecule has 0 aliphatic carbocycles. The van der Waals surface area contributed by atoms with Crippen molar-refractivity contribution in [3.05, 3.63) is 35.9 Å². The number of benzene rings is 1. The molecule has 0 aliphatic heterocycles. The Kier molecular flexibility index (Phi) is 5.01. The van der Waals surface area contributed by atoms with Gasteiger partial charge in [-0.05, 0) is 45.6 Å². The molecular formula is C15H25N. The van der Waals surface area contributed by atoms with Crippen LogP contribution in [0.4, 0.5) is 0 Å². The second-order valence-corrected chi connectivity index (χ2v) is 5.31. The van der Waals surface area contributed by atoms with Crippen molar-refractivity contribution < 1.29 is 0 Å². The largest absolute Gasteiger partial charge is 0.309 e. The lowest BCUT2D eigenvalue weighted by atomic mass is 9.98. The van der Waals surface area contributed by atoms with E-state index < -0.39 is 0 Å². The molecule has 0 saturated carbocycles. The van der Waals surface area contributed by atoms with Crippen LogP contribution in [0.5, 0.6) is 0 Å². The molecule has 0 amide bonds. The van der Waals surface area contributed by atoms with E-state index in [9.17, 15) is 0 Å². The Morgan fingerprint density at radius 1 is 1.19 bits per heavy atom. The summed E-state index contributed by atoms with van der Waals surface area (Å²) in [5.74, 6) is 0. The molecule has 0 aromatic heterocycles. The fourth-order valence-corrected chi connectivity index (χ4v) is 1.87. The minimum Gasteiger partial charge on any atom is -0.309 e. The normalized spacial score (nSPS) is 13.8. The van der Waals surface area contributed by atoms with Gasteiger partial charge in [0.25, 0.3) is 0 Å². The smallest absolute Gasteiger partial charge is 0.0125 e. The van der Waals surface area contributed by atoms with Gasteiger partial charge in [0.15, 0.2) is 0 Å². The van der Waals surface area contributed by atoms with Crippen LogP contribution < -0.4 is 5.32 Å². The van der Waals surface area contributed by atoms with Crippen LogP contribution in [-0.4, -0.2) is 11.6 Å². The monoisotopic (exact) mass is 219 g/mol. The van der Waals surface area contributed by atoms with E-state index in [-0.39, 0.29) is 5.54 Å². The lowest BCUT2D eigenvalue weighted by Crippen LogP contribution is -2.44. The molecule has 1 heteroatoms. The molecule has 0 radical (unpaired) electrons. The van der Waals surface area contributed by atoms with Gasteiger partial charge in [0.1, 0.15) is 0 Å². The van der Waals surface area contributed by atoms with Crippen molar-refractivity contribution in [3.8, 4) is 0 Å². The average molecular weight is 219 g/mol. The Hall–Kier alpha value is -0.820. The maximum absolute atomic E-state index is 3.68. The Labute approximate surface area is 100 Å². The van der Waals surface area contributed by atoms with E-state index in [1.54, 1.807) is 0 Å². The van der Waals surface area contributed by atoms with Crippen LogP contribution in [0.2, 0.25) is 0 Å². The van der Waals surface area contributed by atoms with Crippen LogP contribution in [0, 0.1) is 0 Å². The summed E-state index contributed by atoms with van der Waals surface area (Å²) in [7, 11) is 0. The molecule has 1 aromatic carbocycles. The third-order valence-electron chi connectivity index (χ3n) is 3.23. The number of rotatable bonds is 6. The maximum Gasteiger partial charge on any atom is 0.0125 e. The summed E-state index contributed by atoms with van der Waals surface area (Å²) in [6, 6.07) is 11.3. The van der Waals surface area contributed by atoms with E-state index >= 15 is 0 Å².